The van der Waals surface area contributed by atoms with Gasteiger partial charge in [-0.1, -0.05) is 11.6 Å². The molecule has 1 saturated carbocycles. The lowest BCUT2D eigenvalue weighted by Gasteiger charge is -2.45. The number of imide groups is 2. The highest BCUT2D eigenvalue weighted by atomic mass is 35.5. The van der Waals surface area contributed by atoms with Crippen LogP contribution in [0.25, 0.3) is 11.4 Å². The fourth-order valence-corrected chi connectivity index (χ4v) is 9.18. The van der Waals surface area contributed by atoms with Gasteiger partial charge < -0.3 is 19.5 Å². The predicted octanol–water partition coefficient (Wildman–Crippen LogP) is 5.37. The van der Waals surface area contributed by atoms with Gasteiger partial charge in [-0.15, -0.1) is 0 Å². The molecule has 4 amide bonds. The molecule has 14 heteroatoms. The van der Waals surface area contributed by atoms with Crippen LogP contribution in [0.1, 0.15) is 76.4 Å². The number of piperazine rings is 1. The molecule has 0 radical (unpaired) electrons. The van der Waals surface area contributed by atoms with Crippen LogP contribution in [0, 0.1) is 17.2 Å². The second-order valence-electron chi connectivity index (χ2n) is 15.8. The number of aromatic nitrogens is 2. The standard InChI is InChI=1S/C43H43ClN8O5/c44-36-20-33(11-5-29(36)21-45)57-32-9-3-27(4-10-32)37-22-46-40(47-37)28-1-6-30(7-2-28)51-24-26(25-51)23-49-15-17-50(18-16-49)31-8-12-34-35(19-31)43(56)52(42(34)55)38-13-14-39(53)48-41(38)54/h1-2,5-8,11-12,19-20,22,26-27,32,38H,3-4,9-10,13-18,23-25H2,(H,46,47)(H,48,53,54)/t27-,32-,38?. The second-order valence-corrected chi connectivity index (χ2v) is 16.2. The van der Waals surface area contributed by atoms with Gasteiger partial charge in [-0.25, -0.2) is 4.98 Å². The number of aromatic amines is 1. The van der Waals surface area contributed by atoms with Crippen LogP contribution in [0.15, 0.2) is 66.9 Å². The summed E-state index contributed by atoms with van der Waals surface area (Å²) in [6.45, 7) is 6.51. The summed E-state index contributed by atoms with van der Waals surface area (Å²) in [5.41, 5.74) is 5.41. The average Bonchev–Trinajstić information content (AvgIpc) is 3.79. The Hall–Kier alpha value is -5.71. The fourth-order valence-electron chi connectivity index (χ4n) is 8.97. The Morgan fingerprint density at radius 2 is 1.56 bits per heavy atom. The molecule has 4 aliphatic heterocycles. The van der Waals surface area contributed by atoms with Crippen molar-refractivity contribution in [3.63, 3.8) is 0 Å². The maximum Gasteiger partial charge on any atom is 0.262 e. The largest absolute Gasteiger partial charge is 0.490 e. The van der Waals surface area contributed by atoms with Gasteiger partial charge in [0.1, 0.15) is 23.7 Å². The minimum atomic E-state index is -0.965. The molecule has 9 rings (SSSR count). The van der Waals surface area contributed by atoms with Crippen LogP contribution >= 0.6 is 11.6 Å². The van der Waals surface area contributed by atoms with E-state index >= 15 is 0 Å². The Kier molecular flexibility index (Phi) is 9.92. The van der Waals surface area contributed by atoms with Gasteiger partial charge in [-0.3, -0.25) is 34.3 Å². The van der Waals surface area contributed by atoms with Crippen LogP contribution in [0.3, 0.4) is 0 Å². The quantitative estimate of drug-likeness (QED) is 0.212. The molecule has 3 aromatic carbocycles. The molecule has 13 nitrogen and oxygen atoms in total. The summed E-state index contributed by atoms with van der Waals surface area (Å²) in [5, 5.41) is 11.8. The van der Waals surface area contributed by atoms with Crippen LogP contribution in [-0.4, -0.2) is 101 Å². The number of nitriles is 1. The maximum atomic E-state index is 13.3. The third kappa shape index (κ3) is 7.35. The van der Waals surface area contributed by atoms with Crippen molar-refractivity contribution >= 4 is 46.6 Å². The molecule has 292 valence electrons. The van der Waals surface area contributed by atoms with Crippen molar-refractivity contribution in [2.75, 3.05) is 55.6 Å². The Bertz CT molecular complexity index is 2260. The van der Waals surface area contributed by atoms with Gasteiger partial charge in [0.2, 0.25) is 11.8 Å². The lowest BCUT2D eigenvalue weighted by Crippen LogP contribution is -2.55. The predicted molar refractivity (Wildman–Crippen MR) is 213 cm³/mol. The molecule has 0 spiro atoms. The smallest absolute Gasteiger partial charge is 0.262 e. The molecule has 4 aromatic rings. The third-order valence-corrected chi connectivity index (χ3v) is 12.5. The van der Waals surface area contributed by atoms with Crippen LogP contribution in [0.2, 0.25) is 5.02 Å². The second kappa shape index (κ2) is 15.3. The number of nitrogens with one attached hydrogen (secondary N) is 2. The fraction of sp³-hybridized carbons (Fsp3) is 0.395. The lowest BCUT2D eigenvalue weighted by atomic mass is 9.85. The highest BCUT2D eigenvalue weighted by Gasteiger charge is 2.45. The molecule has 5 aliphatic rings. The van der Waals surface area contributed by atoms with E-state index in [1.165, 1.54) is 5.69 Å². The highest BCUT2D eigenvalue weighted by molar-refractivity contribution is 6.31. The number of anilines is 2. The molecule has 1 atom stereocenters. The summed E-state index contributed by atoms with van der Waals surface area (Å²) in [6, 6.07) is 20.4. The number of rotatable bonds is 9. The Labute approximate surface area is 335 Å². The molecule has 2 N–H and O–H groups in total. The van der Waals surface area contributed by atoms with Crippen molar-refractivity contribution in [3.8, 4) is 23.2 Å². The first-order chi connectivity index (χ1) is 27.7. The summed E-state index contributed by atoms with van der Waals surface area (Å²) < 4.78 is 6.18. The zero-order chi connectivity index (χ0) is 39.2. The number of nitrogens with zero attached hydrogens (tertiary/aromatic N) is 6. The van der Waals surface area contributed by atoms with E-state index in [1.54, 1.807) is 24.3 Å². The van der Waals surface area contributed by atoms with Crippen molar-refractivity contribution in [1.29, 1.82) is 5.26 Å². The van der Waals surface area contributed by atoms with E-state index in [-0.39, 0.29) is 24.9 Å². The highest BCUT2D eigenvalue weighted by Crippen LogP contribution is 2.36. The van der Waals surface area contributed by atoms with E-state index in [2.05, 4.69) is 55.3 Å². The molecular formula is C43H43ClN8O5. The van der Waals surface area contributed by atoms with Crippen molar-refractivity contribution in [2.24, 2.45) is 5.92 Å². The monoisotopic (exact) mass is 786 g/mol. The minimum absolute atomic E-state index is 0.0980. The normalized spacial score (nSPS) is 22.9. The van der Waals surface area contributed by atoms with E-state index in [1.807, 2.05) is 18.3 Å². The van der Waals surface area contributed by atoms with E-state index in [9.17, 15) is 19.2 Å². The molecule has 0 bridgehead atoms. The van der Waals surface area contributed by atoms with Gasteiger partial charge in [-0.05, 0) is 86.7 Å². The Morgan fingerprint density at radius 3 is 2.28 bits per heavy atom. The van der Waals surface area contributed by atoms with Crippen LogP contribution in [0.5, 0.6) is 5.75 Å². The first kappa shape index (κ1) is 36.9. The number of amides is 4. The van der Waals surface area contributed by atoms with Crippen LogP contribution in [0.4, 0.5) is 11.4 Å². The summed E-state index contributed by atoms with van der Waals surface area (Å²) >= 11 is 6.19. The molecule has 1 unspecified atom stereocenters. The first-order valence-corrected chi connectivity index (χ1v) is 20.2. The van der Waals surface area contributed by atoms with Gasteiger partial charge in [0.25, 0.3) is 11.8 Å². The lowest BCUT2D eigenvalue weighted by molar-refractivity contribution is -0.136. The van der Waals surface area contributed by atoms with E-state index in [0.717, 1.165) is 99.2 Å². The molecule has 5 heterocycles. The van der Waals surface area contributed by atoms with Gasteiger partial charge in [0.05, 0.1) is 27.8 Å². The number of fused-ring (bicyclic) bond motifs is 1. The zero-order valence-corrected chi connectivity index (χ0v) is 32.2. The topological polar surface area (TPSA) is 155 Å². The van der Waals surface area contributed by atoms with E-state index in [4.69, 9.17) is 26.6 Å². The number of ether oxygens (including phenoxy) is 1. The van der Waals surface area contributed by atoms with Crippen molar-refractivity contribution in [2.45, 2.75) is 56.6 Å². The number of benzene rings is 3. The Balaban J connectivity index is 0.718. The van der Waals surface area contributed by atoms with Crippen LogP contribution < -0.4 is 19.9 Å². The summed E-state index contributed by atoms with van der Waals surface area (Å²) in [5.74, 6) is 0.645. The summed E-state index contributed by atoms with van der Waals surface area (Å²) in [6.07, 6.45) is 6.24. The number of carbonyl (C=O) groups is 4. The number of halogens is 1. The minimum Gasteiger partial charge on any atom is -0.490 e. The molecular weight excluding hydrogens is 744 g/mol. The van der Waals surface area contributed by atoms with Gasteiger partial charge in [-0.2, -0.15) is 5.26 Å². The zero-order valence-electron chi connectivity index (χ0n) is 31.5. The SMILES string of the molecule is N#Cc1ccc(O[C@H]2CC[C@H](c3cnc(-c4ccc(N5CC(CN6CCN(c7ccc8c(c7)C(=O)N(C7CCC(=O)NC7=O)C8=O)CC6)C5)cc4)[nH]3)CC2)cc1Cl. The number of imidazole rings is 1. The van der Waals surface area contributed by atoms with Gasteiger partial charge in [0.15, 0.2) is 0 Å². The molecule has 1 aromatic heterocycles. The molecule has 1 aliphatic carbocycles. The number of hydrogen-bond acceptors (Lipinski definition) is 10. The van der Waals surface area contributed by atoms with E-state index in [0.29, 0.717) is 39.3 Å². The van der Waals surface area contributed by atoms with Crippen molar-refractivity contribution in [1.82, 2.24) is 25.1 Å². The number of piperidine rings is 1. The van der Waals surface area contributed by atoms with Gasteiger partial charge >= 0.3 is 0 Å². The van der Waals surface area contributed by atoms with Crippen molar-refractivity contribution in [3.05, 3.63) is 94.3 Å². The molecule has 57 heavy (non-hydrogen) atoms. The maximum absolute atomic E-state index is 13.3. The number of carbonyl (C=O) groups excluding carboxylic acids is 4. The van der Waals surface area contributed by atoms with E-state index < -0.39 is 23.8 Å². The Morgan fingerprint density at radius 1 is 0.825 bits per heavy atom. The van der Waals surface area contributed by atoms with Crippen molar-refractivity contribution < 1.29 is 23.9 Å². The summed E-state index contributed by atoms with van der Waals surface area (Å²) in [7, 11) is 0. The number of hydrogen-bond donors (Lipinski definition) is 2. The molecule has 3 saturated heterocycles. The average molecular weight is 787 g/mol. The summed E-state index contributed by atoms with van der Waals surface area (Å²) in [4.78, 5) is 66.9. The van der Waals surface area contributed by atoms with Crippen LogP contribution in [-0.2, 0) is 9.59 Å². The third-order valence-electron chi connectivity index (χ3n) is 12.2. The van der Waals surface area contributed by atoms with Gasteiger partial charge in [0, 0.05) is 99.0 Å². The molecule has 4 fully saturated rings. The number of H-pyrrole nitrogens is 1. The first-order valence-electron chi connectivity index (χ1n) is 19.8.